The summed E-state index contributed by atoms with van der Waals surface area (Å²) in [6.07, 6.45) is 7.60. The number of nitrogens with zero attached hydrogens (tertiary/aromatic N) is 5. The van der Waals surface area contributed by atoms with Crippen LogP contribution in [0.15, 0.2) is 42.9 Å². The number of carbonyl (C=O) groups excluding carboxylic acids is 1. The van der Waals surface area contributed by atoms with Crippen LogP contribution in [0.25, 0.3) is 17.2 Å². The molecule has 11 heteroatoms. The van der Waals surface area contributed by atoms with Gasteiger partial charge in [0.15, 0.2) is 0 Å². The van der Waals surface area contributed by atoms with Crippen LogP contribution >= 0.6 is 0 Å². The topological polar surface area (TPSA) is 137 Å². The molecule has 0 aliphatic carbocycles. The number of aromatic nitrogens is 4. The maximum atomic E-state index is 13.0. The highest BCUT2D eigenvalue weighted by molar-refractivity contribution is 5.84. The fraction of sp³-hybridized carbons (Fsp3) is 0.500. The number of nitrogens with one attached hydrogen (secondary N) is 2. The van der Waals surface area contributed by atoms with Gasteiger partial charge in [-0.3, -0.25) is 19.5 Å². The van der Waals surface area contributed by atoms with Crippen LogP contribution in [0.5, 0.6) is 0 Å². The number of amides is 1. The second-order valence-electron chi connectivity index (χ2n) is 9.79. The molecule has 3 aromatic rings. The number of rotatable bonds is 16. The molecule has 210 valence electrons. The van der Waals surface area contributed by atoms with Gasteiger partial charge in [-0.2, -0.15) is 4.98 Å². The lowest BCUT2D eigenvalue weighted by atomic mass is 10.0. The highest BCUT2D eigenvalue weighted by Crippen LogP contribution is 2.22. The number of anilines is 1. The van der Waals surface area contributed by atoms with Crippen molar-refractivity contribution in [2.45, 2.75) is 65.8 Å². The normalized spacial score (nSPS) is 11.9. The molecule has 0 saturated carbocycles. The molecule has 0 aliphatic rings. The first-order chi connectivity index (χ1) is 18.8. The van der Waals surface area contributed by atoms with Crippen molar-refractivity contribution in [3.05, 3.63) is 58.7 Å². The van der Waals surface area contributed by atoms with Gasteiger partial charge in [-0.05, 0) is 50.7 Å². The third kappa shape index (κ3) is 9.13. The molecule has 39 heavy (non-hydrogen) atoms. The molecule has 0 radical (unpaired) electrons. The zero-order chi connectivity index (χ0) is 28.2. The van der Waals surface area contributed by atoms with Crippen molar-refractivity contribution in [2.75, 3.05) is 25.1 Å². The van der Waals surface area contributed by atoms with E-state index in [9.17, 15) is 14.9 Å². The molecule has 11 nitrogen and oxygen atoms in total. The number of carbonyl (C=O) groups is 1. The van der Waals surface area contributed by atoms with Crippen molar-refractivity contribution in [3.63, 3.8) is 0 Å². The van der Waals surface area contributed by atoms with Gasteiger partial charge in [-0.15, -0.1) is 0 Å². The fourth-order valence-electron chi connectivity index (χ4n) is 4.03. The number of nitro groups is 1. The van der Waals surface area contributed by atoms with Gasteiger partial charge in [-0.25, -0.2) is 9.97 Å². The number of ether oxygens (including phenoxy) is 1. The van der Waals surface area contributed by atoms with Gasteiger partial charge in [0, 0.05) is 55.4 Å². The van der Waals surface area contributed by atoms with Crippen molar-refractivity contribution >= 4 is 17.4 Å². The lowest BCUT2D eigenvalue weighted by Crippen LogP contribution is -2.41. The minimum absolute atomic E-state index is 0.0233. The third-order valence-corrected chi connectivity index (χ3v) is 6.06. The number of aryl methyl sites for hydroxylation is 1. The van der Waals surface area contributed by atoms with Crippen molar-refractivity contribution in [2.24, 2.45) is 5.92 Å². The summed E-state index contributed by atoms with van der Waals surface area (Å²) in [5.41, 5.74) is 2.29. The Labute approximate surface area is 229 Å². The van der Waals surface area contributed by atoms with E-state index in [4.69, 9.17) is 14.7 Å². The summed E-state index contributed by atoms with van der Waals surface area (Å²) in [5.74, 6) is 1.24. The summed E-state index contributed by atoms with van der Waals surface area (Å²) in [6, 6.07) is 7.70. The zero-order valence-electron chi connectivity index (χ0n) is 23.2. The van der Waals surface area contributed by atoms with Crippen LogP contribution in [0, 0.1) is 16.0 Å². The maximum Gasteiger partial charge on any atom is 0.269 e. The van der Waals surface area contributed by atoms with Crippen LogP contribution in [0.4, 0.5) is 11.5 Å². The van der Waals surface area contributed by atoms with Gasteiger partial charge in [0.05, 0.1) is 10.6 Å². The summed E-state index contributed by atoms with van der Waals surface area (Å²) in [4.78, 5) is 37.5. The van der Waals surface area contributed by atoms with Crippen molar-refractivity contribution in [1.82, 2.24) is 24.8 Å². The predicted octanol–water partition coefficient (Wildman–Crippen LogP) is 4.95. The van der Waals surface area contributed by atoms with Crippen LogP contribution in [0.2, 0.25) is 0 Å². The van der Waals surface area contributed by atoms with E-state index in [2.05, 4.69) is 36.4 Å². The van der Waals surface area contributed by atoms with E-state index < -0.39 is 11.0 Å². The molecule has 1 amide bonds. The van der Waals surface area contributed by atoms with E-state index in [1.165, 1.54) is 12.1 Å². The minimum atomic E-state index is -0.447. The summed E-state index contributed by atoms with van der Waals surface area (Å²) in [6.45, 7) is 10.1. The highest BCUT2D eigenvalue weighted by atomic mass is 16.6. The fourth-order valence-corrected chi connectivity index (χ4v) is 4.03. The summed E-state index contributed by atoms with van der Waals surface area (Å²) >= 11 is 0. The molecule has 2 heterocycles. The average Bonchev–Trinajstić information content (AvgIpc) is 3.41. The Bertz CT molecular complexity index is 1210. The molecule has 0 aliphatic heterocycles. The highest BCUT2D eigenvalue weighted by Gasteiger charge is 2.21. The number of nitro benzene ring substituents is 1. The quantitative estimate of drug-likeness (QED) is 0.149. The predicted molar refractivity (Wildman–Crippen MR) is 151 cm³/mol. The summed E-state index contributed by atoms with van der Waals surface area (Å²) in [7, 11) is 0. The Kier molecular flexibility index (Phi) is 11.4. The maximum absolute atomic E-state index is 13.0. The number of hydrogen-bond donors (Lipinski definition) is 2. The van der Waals surface area contributed by atoms with E-state index in [1.54, 1.807) is 29.2 Å². The summed E-state index contributed by atoms with van der Waals surface area (Å²) < 4.78 is 7.09. The first kappa shape index (κ1) is 29.7. The second-order valence-corrected chi connectivity index (χ2v) is 9.79. The van der Waals surface area contributed by atoms with E-state index in [1.807, 2.05) is 13.0 Å². The molecule has 1 atom stereocenters. The molecule has 3 rings (SSSR count). The Morgan fingerprint density at radius 1 is 1.15 bits per heavy atom. The van der Waals surface area contributed by atoms with Crippen LogP contribution in [-0.2, 0) is 16.0 Å². The number of unbranched alkanes of at least 4 members (excludes halogenated alkanes) is 1. The molecule has 0 spiro atoms. The molecular formula is C28H39N7O4. The van der Waals surface area contributed by atoms with Crippen molar-refractivity contribution in [1.29, 1.82) is 0 Å². The van der Waals surface area contributed by atoms with E-state index in [0.29, 0.717) is 49.6 Å². The molecule has 0 saturated heterocycles. The zero-order valence-corrected chi connectivity index (χ0v) is 23.2. The summed E-state index contributed by atoms with van der Waals surface area (Å²) in [5, 5.41) is 17.3. The first-order valence-electron chi connectivity index (χ1n) is 13.6. The molecule has 1 aromatic carbocycles. The number of benzene rings is 1. The van der Waals surface area contributed by atoms with Gasteiger partial charge in [-0.1, -0.05) is 27.2 Å². The van der Waals surface area contributed by atoms with Crippen LogP contribution in [0.1, 0.15) is 59.1 Å². The minimum Gasteiger partial charge on any atom is -0.382 e. The largest absolute Gasteiger partial charge is 0.382 e. The molecular weight excluding hydrogens is 498 g/mol. The second kappa shape index (κ2) is 14.9. The monoisotopic (exact) mass is 537 g/mol. The molecule has 0 bridgehead atoms. The lowest BCUT2D eigenvalue weighted by Gasteiger charge is -2.21. The Hall–Kier alpha value is -3.86. The van der Waals surface area contributed by atoms with E-state index >= 15 is 0 Å². The lowest BCUT2D eigenvalue weighted by molar-refractivity contribution is -0.384. The average molecular weight is 538 g/mol. The third-order valence-electron chi connectivity index (χ3n) is 6.06. The standard InChI is InChI=1S/C28H39N7O4/c1-5-7-9-22-17-26(32-24(16-20(3)4)27(36)29-14-8-15-39-6-2)33-28(31-22)34-18-25(30-19-34)21-10-12-23(13-11-21)35(37)38/h10-13,17-20,24H,5-9,14-16H2,1-4H3,(H,29,36)(H,31,32,33)/t24-/m0/s1. The van der Waals surface area contributed by atoms with Gasteiger partial charge >= 0.3 is 0 Å². The van der Waals surface area contributed by atoms with Crippen molar-refractivity contribution in [3.8, 4) is 17.2 Å². The van der Waals surface area contributed by atoms with Gasteiger partial charge < -0.3 is 15.4 Å². The van der Waals surface area contributed by atoms with Gasteiger partial charge in [0.1, 0.15) is 18.2 Å². The molecule has 2 aromatic heterocycles. The van der Waals surface area contributed by atoms with Crippen LogP contribution in [0.3, 0.4) is 0 Å². The van der Waals surface area contributed by atoms with E-state index in [0.717, 1.165) is 36.9 Å². The van der Waals surface area contributed by atoms with Gasteiger partial charge in [0.25, 0.3) is 5.69 Å². The van der Waals surface area contributed by atoms with Gasteiger partial charge in [0.2, 0.25) is 11.9 Å². The van der Waals surface area contributed by atoms with Crippen LogP contribution in [-0.4, -0.2) is 56.1 Å². The molecule has 0 unspecified atom stereocenters. The number of non-ortho nitro benzene ring substituents is 1. The van der Waals surface area contributed by atoms with Crippen LogP contribution < -0.4 is 10.6 Å². The SMILES string of the molecule is CCCCc1cc(N[C@@H](CC(C)C)C(=O)NCCCOCC)nc(-n2cnc(-c3ccc([N+](=O)[O-])cc3)c2)n1. The number of imidazole rings is 1. The molecule has 2 N–H and O–H groups in total. The Balaban J connectivity index is 1.83. The molecule has 0 fully saturated rings. The first-order valence-corrected chi connectivity index (χ1v) is 13.6. The van der Waals surface area contributed by atoms with E-state index in [-0.39, 0.29) is 11.6 Å². The smallest absolute Gasteiger partial charge is 0.269 e. The van der Waals surface area contributed by atoms with Crippen molar-refractivity contribution < 1.29 is 14.5 Å². The Morgan fingerprint density at radius 3 is 2.59 bits per heavy atom. The Morgan fingerprint density at radius 2 is 1.92 bits per heavy atom. The number of hydrogen-bond acceptors (Lipinski definition) is 8.